The topological polar surface area (TPSA) is 55.8 Å². The molecule has 5 nitrogen and oxygen atoms in total. The van der Waals surface area contributed by atoms with Gasteiger partial charge in [0.25, 0.3) is 0 Å². The van der Waals surface area contributed by atoms with E-state index in [2.05, 4.69) is 13.2 Å². The molecular weight excluding hydrogens is 270 g/mol. The van der Waals surface area contributed by atoms with Gasteiger partial charge in [-0.2, -0.15) is 0 Å². The number of hydrogen-bond donors (Lipinski definition) is 0. The summed E-state index contributed by atoms with van der Waals surface area (Å²) in [6.45, 7) is 13.4. The second kappa shape index (κ2) is 9.21. The zero-order valence-electron chi connectivity index (χ0n) is 13.6. The molecular formula is C16H27NO4. The average Bonchev–Trinajstić information content (AvgIpc) is 2.39. The van der Waals surface area contributed by atoms with Crippen molar-refractivity contribution in [3.63, 3.8) is 0 Å². The summed E-state index contributed by atoms with van der Waals surface area (Å²) in [5, 5.41) is 0. The number of rotatable bonds is 8. The van der Waals surface area contributed by atoms with Crippen LogP contribution in [0, 0.1) is 5.92 Å². The van der Waals surface area contributed by atoms with Crippen molar-refractivity contribution in [2.45, 2.75) is 39.2 Å². The van der Waals surface area contributed by atoms with E-state index in [0.717, 1.165) is 0 Å². The highest BCUT2D eigenvalue weighted by Crippen LogP contribution is 2.14. The molecule has 0 radical (unpaired) electrons. The number of ether oxygens (including phenoxy) is 2. The average molecular weight is 297 g/mol. The molecule has 0 bridgehead atoms. The number of esters is 1. The highest BCUT2D eigenvalue weighted by atomic mass is 16.6. The molecule has 0 aromatic rings. The van der Waals surface area contributed by atoms with Gasteiger partial charge in [0.15, 0.2) is 0 Å². The summed E-state index contributed by atoms with van der Waals surface area (Å²) in [5.74, 6) is -0.799. The van der Waals surface area contributed by atoms with Crippen LogP contribution in [0.4, 0.5) is 4.79 Å². The molecule has 21 heavy (non-hydrogen) atoms. The predicted octanol–water partition coefficient (Wildman–Crippen LogP) is 3.16. The van der Waals surface area contributed by atoms with Gasteiger partial charge in [-0.1, -0.05) is 12.2 Å². The minimum Gasteiger partial charge on any atom is -0.469 e. The Morgan fingerprint density at radius 1 is 1.24 bits per heavy atom. The summed E-state index contributed by atoms with van der Waals surface area (Å²) < 4.78 is 10.1. The third-order valence-electron chi connectivity index (χ3n) is 2.68. The first kappa shape index (κ1) is 19.2. The van der Waals surface area contributed by atoms with Gasteiger partial charge in [-0.3, -0.25) is 4.79 Å². The third kappa shape index (κ3) is 8.17. The van der Waals surface area contributed by atoms with Crippen molar-refractivity contribution in [1.82, 2.24) is 4.90 Å². The van der Waals surface area contributed by atoms with E-state index in [-0.39, 0.29) is 12.5 Å². The van der Waals surface area contributed by atoms with Crippen LogP contribution in [0.25, 0.3) is 0 Å². The van der Waals surface area contributed by atoms with Crippen molar-refractivity contribution in [3.8, 4) is 0 Å². The molecule has 0 saturated heterocycles. The highest BCUT2D eigenvalue weighted by Gasteiger charge is 2.27. The van der Waals surface area contributed by atoms with Crippen LogP contribution in [-0.2, 0) is 14.3 Å². The molecule has 0 aliphatic carbocycles. The molecule has 0 aromatic heterocycles. The third-order valence-corrected chi connectivity index (χ3v) is 2.68. The maximum absolute atomic E-state index is 12.2. The maximum atomic E-state index is 12.2. The summed E-state index contributed by atoms with van der Waals surface area (Å²) in [5.41, 5.74) is -0.581. The lowest BCUT2D eigenvalue weighted by atomic mass is 10.1. The molecule has 5 heteroatoms. The number of amides is 1. The van der Waals surface area contributed by atoms with Crippen molar-refractivity contribution in [2.24, 2.45) is 5.92 Å². The number of carbonyl (C=O) groups is 2. The Morgan fingerprint density at radius 3 is 2.29 bits per heavy atom. The Kier molecular flexibility index (Phi) is 8.43. The fourth-order valence-electron chi connectivity index (χ4n) is 1.71. The quantitative estimate of drug-likeness (QED) is 0.510. The van der Waals surface area contributed by atoms with E-state index in [4.69, 9.17) is 9.47 Å². The fourth-order valence-corrected chi connectivity index (χ4v) is 1.71. The Labute approximate surface area is 127 Å². The number of allylic oxidation sites excluding steroid dienone is 1. The molecule has 1 amide bonds. The maximum Gasteiger partial charge on any atom is 0.410 e. The zero-order valence-corrected chi connectivity index (χ0v) is 13.6. The van der Waals surface area contributed by atoms with Gasteiger partial charge in [0, 0.05) is 13.1 Å². The molecule has 0 rings (SSSR count). The van der Waals surface area contributed by atoms with Crippen molar-refractivity contribution in [2.75, 3.05) is 20.2 Å². The first-order valence-corrected chi connectivity index (χ1v) is 7.02. The first-order chi connectivity index (χ1) is 9.75. The summed E-state index contributed by atoms with van der Waals surface area (Å²) in [6, 6.07) is 0. The second-order valence-corrected chi connectivity index (χ2v) is 5.75. The van der Waals surface area contributed by atoms with Crippen molar-refractivity contribution >= 4 is 12.1 Å². The fraction of sp³-hybridized carbons (Fsp3) is 0.625. The Hall–Kier alpha value is -1.78. The van der Waals surface area contributed by atoms with Gasteiger partial charge in [0.2, 0.25) is 0 Å². The lowest BCUT2D eigenvalue weighted by molar-refractivity contribution is -0.145. The number of nitrogens with zero attached hydrogens (tertiary/aromatic N) is 1. The van der Waals surface area contributed by atoms with Gasteiger partial charge in [0.05, 0.1) is 13.0 Å². The SMILES string of the molecule is C=CCCN(CC(CC=C)C(=O)OC)C(=O)OC(C)(C)C. The number of methoxy groups -OCH3 is 1. The Balaban J connectivity index is 4.94. The lowest BCUT2D eigenvalue weighted by Gasteiger charge is -2.29. The van der Waals surface area contributed by atoms with Crippen LogP contribution in [0.5, 0.6) is 0 Å². The van der Waals surface area contributed by atoms with Crippen molar-refractivity contribution in [1.29, 1.82) is 0 Å². The van der Waals surface area contributed by atoms with Crippen molar-refractivity contribution < 1.29 is 19.1 Å². The first-order valence-electron chi connectivity index (χ1n) is 7.02. The molecule has 1 atom stereocenters. The molecule has 1 unspecified atom stereocenters. The van der Waals surface area contributed by atoms with E-state index in [9.17, 15) is 9.59 Å². The molecule has 0 aromatic carbocycles. The summed E-state index contributed by atoms with van der Waals surface area (Å²) in [4.78, 5) is 25.5. The summed E-state index contributed by atoms with van der Waals surface area (Å²) in [7, 11) is 1.33. The molecule has 0 aliphatic rings. The second-order valence-electron chi connectivity index (χ2n) is 5.75. The molecule has 0 aliphatic heterocycles. The summed E-state index contributed by atoms with van der Waals surface area (Å²) in [6.07, 6.45) is 3.99. The van der Waals surface area contributed by atoms with Gasteiger partial charge < -0.3 is 14.4 Å². The monoisotopic (exact) mass is 297 g/mol. The normalized spacial score (nSPS) is 12.2. The van der Waals surface area contributed by atoms with E-state index in [1.54, 1.807) is 32.9 Å². The lowest BCUT2D eigenvalue weighted by Crippen LogP contribution is -2.41. The van der Waals surface area contributed by atoms with E-state index in [1.807, 2.05) is 0 Å². The van der Waals surface area contributed by atoms with Gasteiger partial charge >= 0.3 is 12.1 Å². The molecule has 0 fully saturated rings. The van der Waals surface area contributed by atoms with Gasteiger partial charge in [0.1, 0.15) is 5.60 Å². The summed E-state index contributed by atoms with van der Waals surface area (Å²) >= 11 is 0. The molecule has 0 N–H and O–H groups in total. The zero-order chi connectivity index (χ0) is 16.5. The van der Waals surface area contributed by atoms with Gasteiger partial charge in [-0.05, 0) is 33.6 Å². The smallest absolute Gasteiger partial charge is 0.410 e. The minimum atomic E-state index is -0.581. The van der Waals surface area contributed by atoms with Crippen LogP contribution >= 0.6 is 0 Å². The minimum absolute atomic E-state index is 0.238. The Morgan fingerprint density at radius 2 is 1.86 bits per heavy atom. The standard InChI is InChI=1S/C16H27NO4/c1-7-9-11-17(15(19)21-16(3,4)5)12-13(10-8-2)14(18)20-6/h7-8,13H,1-2,9-12H2,3-6H3. The van der Waals surface area contributed by atoms with Gasteiger partial charge in [-0.25, -0.2) is 4.79 Å². The van der Waals surface area contributed by atoms with Crippen LogP contribution < -0.4 is 0 Å². The van der Waals surface area contributed by atoms with E-state index >= 15 is 0 Å². The van der Waals surface area contributed by atoms with Crippen LogP contribution in [0.2, 0.25) is 0 Å². The molecule has 0 heterocycles. The number of carbonyl (C=O) groups excluding carboxylic acids is 2. The molecule has 120 valence electrons. The van der Waals surface area contributed by atoms with Crippen LogP contribution in [-0.4, -0.2) is 42.8 Å². The van der Waals surface area contributed by atoms with Gasteiger partial charge in [-0.15, -0.1) is 13.2 Å². The van der Waals surface area contributed by atoms with E-state index in [0.29, 0.717) is 19.4 Å². The predicted molar refractivity (Wildman–Crippen MR) is 82.9 cm³/mol. The van der Waals surface area contributed by atoms with Crippen molar-refractivity contribution in [3.05, 3.63) is 25.3 Å². The van der Waals surface area contributed by atoms with Crippen LogP contribution in [0.1, 0.15) is 33.6 Å². The largest absolute Gasteiger partial charge is 0.469 e. The van der Waals surface area contributed by atoms with Crippen LogP contribution in [0.15, 0.2) is 25.3 Å². The van der Waals surface area contributed by atoms with Crippen LogP contribution in [0.3, 0.4) is 0 Å². The highest BCUT2D eigenvalue weighted by molar-refractivity contribution is 5.74. The Bertz CT molecular complexity index is 371. The number of hydrogen-bond acceptors (Lipinski definition) is 4. The molecule has 0 saturated carbocycles. The van der Waals surface area contributed by atoms with E-state index in [1.165, 1.54) is 12.0 Å². The molecule has 0 spiro atoms. The van der Waals surface area contributed by atoms with E-state index < -0.39 is 17.6 Å².